The minimum Gasteiger partial charge on any atom is -0.338 e. The third-order valence-electron chi connectivity index (χ3n) is 3.77. The van der Waals surface area contributed by atoms with E-state index in [0.717, 1.165) is 6.54 Å². The van der Waals surface area contributed by atoms with Crippen LogP contribution in [0.25, 0.3) is 5.70 Å². The van der Waals surface area contributed by atoms with Crippen LogP contribution in [0.4, 0.5) is 0 Å². The van der Waals surface area contributed by atoms with Crippen LogP contribution in [0.5, 0.6) is 0 Å². The van der Waals surface area contributed by atoms with Crippen molar-refractivity contribution in [1.29, 1.82) is 0 Å². The van der Waals surface area contributed by atoms with Gasteiger partial charge in [0.2, 0.25) is 0 Å². The zero-order valence-electron chi connectivity index (χ0n) is 10.7. The molecule has 3 heterocycles. The van der Waals surface area contributed by atoms with E-state index in [2.05, 4.69) is 54.2 Å². The molecule has 2 aliphatic rings. The summed E-state index contributed by atoms with van der Waals surface area (Å²) in [5.74, 6) is 0. The lowest BCUT2D eigenvalue weighted by molar-refractivity contribution is -0.721. The molecule has 1 atom stereocenters. The van der Waals surface area contributed by atoms with Gasteiger partial charge in [-0.2, -0.15) is 0 Å². The SMILES string of the molecule is CN1NC2CC(C)(C)[NH2+]CC2=C1c1cccs1. The molecule has 1 aromatic rings. The standard InChI is InChI=1S/C13H19N3S/c1-13(2)7-10-9(8-14-13)12(16(3)15-10)11-5-4-6-17-11/h4-6,10,14-15H,7-8H2,1-3H3/p+1. The monoisotopic (exact) mass is 250 g/mol. The van der Waals surface area contributed by atoms with E-state index in [1.54, 1.807) is 5.57 Å². The highest BCUT2D eigenvalue weighted by molar-refractivity contribution is 7.11. The third-order valence-corrected chi connectivity index (χ3v) is 4.65. The predicted octanol–water partition coefficient (Wildman–Crippen LogP) is 1.02. The highest BCUT2D eigenvalue weighted by Crippen LogP contribution is 2.34. The summed E-state index contributed by atoms with van der Waals surface area (Å²) in [6, 6.07) is 4.87. The molecule has 17 heavy (non-hydrogen) atoms. The fraction of sp³-hybridized carbons (Fsp3) is 0.538. The van der Waals surface area contributed by atoms with Crippen molar-refractivity contribution in [3.63, 3.8) is 0 Å². The van der Waals surface area contributed by atoms with Crippen molar-refractivity contribution in [3.8, 4) is 0 Å². The summed E-state index contributed by atoms with van der Waals surface area (Å²) >= 11 is 1.83. The highest BCUT2D eigenvalue weighted by Gasteiger charge is 2.40. The number of nitrogens with two attached hydrogens (primary N) is 1. The second-order valence-corrected chi connectivity index (χ2v) is 6.64. The van der Waals surface area contributed by atoms with Gasteiger partial charge < -0.3 is 10.3 Å². The van der Waals surface area contributed by atoms with Gasteiger partial charge in [-0.25, -0.2) is 5.43 Å². The minimum absolute atomic E-state index is 0.354. The second-order valence-electron chi connectivity index (χ2n) is 5.69. The topological polar surface area (TPSA) is 31.9 Å². The summed E-state index contributed by atoms with van der Waals surface area (Å²) in [5, 5.41) is 6.83. The number of piperidine rings is 1. The van der Waals surface area contributed by atoms with E-state index in [-0.39, 0.29) is 0 Å². The van der Waals surface area contributed by atoms with Gasteiger partial charge in [-0.3, -0.25) is 0 Å². The Morgan fingerprint density at radius 3 is 3.06 bits per heavy atom. The molecule has 0 amide bonds. The van der Waals surface area contributed by atoms with Gasteiger partial charge in [-0.15, -0.1) is 11.3 Å². The van der Waals surface area contributed by atoms with Crippen molar-refractivity contribution in [3.05, 3.63) is 28.0 Å². The van der Waals surface area contributed by atoms with Crippen molar-refractivity contribution < 1.29 is 5.32 Å². The molecule has 92 valence electrons. The van der Waals surface area contributed by atoms with E-state index >= 15 is 0 Å². The van der Waals surface area contributed by atoms with E-state index in [9.17, 15) is 0 Å². The van der Waals surface area contributed by atoms with Crippen LogP contribution in [-0.4, -0.2) is 30.2 Å². The van der Waals surface area contributed by atoms with Gasteiger partial charge in [-0.1, -0.05) is 6.07 Å². The Bertz CT molecular complexity index is 447. The van der Waals surface area contributed by atoms with Crippen LogP contribution in [0.15, 0.2) is 23.1 Å². The van der Waals surface area contributed by atoms with Gasteiger partial charge in [0.15, 0.2) is 0 Å². The molecule has 1 unspecified atom stereocenters. The zero-order valence-corrected chi connectivity index (χ0v) is 11.5. The Labute approximate surface area is 106 Å². The Hall–Kier alpha value is -0.840. The maximum Gasteiger partial charge on any atom is 0.102 e. The van der Waals surface area contributed by atoms with E-state index < -0.39 is 0 Å². The Morgan fingerprint density at radius 1 is 1.53 bits per heavy atom. The smallest absolute Gasteiger partial charge is 0.102 e. The fourth-order valence-electron chi connectivity index (χ4n) is 2.90. The van der Waals surface area contributed by atoms with Crippen molar-refractivity contribution in [2.45, 2.75) is 31.8 Å². The maximum absolute atomic E-state index is 3.60. The van der Waals surface area contributed by atoms with E-state index in [1.165, 1.54) is 17.0 Å². The average Bonchev–Trinajstić information content (AvgIpc) is 2.82. The van der Waals surface area contributed by atoms with Crippen molar-refractivity contribution in [2.75, 3.05) is 13.6 Å². The summed E-state index contributed by atoms with van der Waals surface area (Å²) in [7, 11) is 2.13. The van der Waals surface area contributed by atoms with Gasteiger partial charge in [0.05, 0.1) is 22.2 Å². The van der Waals surface area contributed by atoms with Gasteiger partial charge in [0, 0.05) is 19.0 Å². The lowest BCUT2D eigenvalue weighted by atomic mass is 9.86. The first-order chi connectivity index (χ1) is 8.07. The number of nitrogens with zero attached hydrogens (tertiary/aromatic N) is 1. The molecule has 0 saturated carbocycles. The van der Waals surface area contributed by atoms with Crippen LogP contribution in [-0.2, 0) is 0 Å². The Kier molecular flexibility index (Phi) is 2.54. The molecule has 4 heteroatoms. The number of hydrazine groups is 1. The molecule has 0 bridgehead atoms. The summed E-state index contributed by atoms with van der Waals surface area (Å²) in [6.07, 6.45) is 1.20. The molecule has 1 fully saturated rings. The maximum atomic E-state index is 3.60. The summed E-state index contributed by atoms with van der Waals surface area (Å²) in [6.45, 7) is 5.77. The number of rotatable bonds is 1. The number of nitrogens with one attached hydrogen (secondary N) is 1. The molecule has 3 nitrogen and oxygen atoms in total. The molecule has 2 aliphatic heterocycles. The van der Waals surface area contributed by atoms with Crippen LogP contribution in [0.1, 0.15) is 25.1 Å². The van der Waals surface area contributed by atoms with Crippen LogP contribution in [0, 0.1) is 0 Å². The normalized spacial score (nSPS) is 27.5. The molecule has 0 spiro atoms. The molecular formula is C13H20N3S+. The lowest BCUT2D eigenvalue weighted by Gasteiger charge is -2.32. The lowest BCUT2D eigenvalue weighted by Crippen LogP contribution is -2.98. The van der Waals surface area contributed by atoms with Crippen LogP contribution in [0.2, 0.25) is 0 Å². The Morgan fingerprint density at radius 2 is 2.35 bits per heavy atom. The first-order valence-electron chi connectivity index (χ1n) is 6.18. The van der Waals surface area contributed by atoms with Gasteiger partial charge in [0.25, 0.3) is 0 Å². The summed E-state index contributed by atoms with van der Waals surface area (Å²) in [4.78, 5) is 1.38. The molecule has 3 N–H and O–H groups in total. The molecule has 1 aromatic heterocycles. The molecule has 0 aromatic carbocycles. The number of hydrogen-bond acceptors (Lipinski definition) is 3. The second kappa shape index (κ2) is 3.83. The highest BCUT2D eigenvalue weighted by atomic mass is 32.1. The van der Waals surface area contributed by atoms with Crippen LogP contribution >= 0.6 is 11.3 Å². The third kappa shape index (κ3) is 1.90. The van der Waals surface area contributed by atoms with Gasteiger partial charge >= 0.3 is 0 Å². The van der Waals surface area contributed by atoms with Crippen molar-refractivity contribution in [1.82, 2.24) is 10.4 Å². The molecular weight excluding hydrogens is 230 g/mol. The number of thiophene rings is 1. The van der Waals surface area contributed by atoms with E-state index in [4.69, 9.17) is 0 Å². The fourth-order valence-corrected chi connectivity index (χ4v) is 3.74. The minimum atomic E-state index is 0.354. The van der Waals surface area contributed by atoms with Gasteiger partial charge in [-0.05, 0) is 25.3 Å². The van der Waals surface area contributed by atoms with Crippen molar-refractivity contribution >= 4 is 17.0 Å². The number of hydrogen-bond donors (Lipinski definition) is 2. The number of quaternary nitrogens is 1. The number of fused-ring (bicyclic) bond motifs is 1. The first-order valence-corrected chi connectivity index (χ1v) is 7.06. The molecule has 3 rings (SSSR count). The summed E-state index contributed by atoms with van der Waals surface area (Å²) in [5.41, 5.74) is 6.91. The molecule has 0 radical (unpaired) electrons. The predicted molar refractivity (Wildman–Crippen MR) is 71.4 cm³/mol. The zero-order chi connectivity index (χ0) is 12.0. The largest absolute Gasteiger partial charge is 0.338 e. The van der Waals surface area contributed by atoms with Crippen molar-refractivity contribution in [2.24, 2.45) is 0 Å². The summed E-state index contributed by atoms with van der Waals surface area (Å²) < 4.78 is 0. The van der Waals surface area contributed by atoms with E-state index in [0.29, 0.717) is 11.6 Å². The van der Waals surface area contributed by atoms with Crippen LogP contribution < -0.4 is 10.7 Å². The first kappa shape index (κ1) is 11.3. The average molecular weight is 250 g/mol. The molecule has 1 saturated heterocycles. The van der Waals surface area contributed by atoms with E-state index in [1.807, 2.05) is 11.3 Å². The van der Waals surface area contributed by atoms with Crippen LogP contribution in [0.3, 0.4) is 0 Å². The van der Waals surface area contributed by atoms with Gasteiger partial charge in [0.1, 0.15) is 6.54 Å². The quantitative estimate of drug-likeness (QED) is 0.780. The molecule has 0 aliphatic carbocycles. The Balaban J connectivity index is 1.97.